The van der Waals surface area contributed by atoms with E-state index in [-0.39, 0.29) is 16.7 Å². The monoisotopic (exact) mass is 391 g/mol. The molecule has 1 aliphatic rings. The number of carbonyl (C=O) groups is 1. The van der Waals surface area contributed by atoms with Crippen molar-refractivity contribution in [1.82, 2.24) is 14.5 Å². The van der Waals surface area contributed by atoms with Crippen molar-refractivity contribution in [2.45, 2.75) is 44.1 Å². The van der Waals surface area contributed by atoms with Gasteiger partial charge in [0.25, 0.3) is 5.56 Å². The van der Waals surface area contributed by atoms with Crippen LogP contribution in [-0.2, 0) is 11.3 Å². The number of amides is 1. The highest BCUT2D eigenvalue weighted by atomic mass is 32.2. The van der Waals surface area contributed by atoms with Crippen molar-refractivity contribution in [3.63, 3.8) is 0 Å². The maximum Gasteiger partial charge on any atom is 0.263 e. The summed E-state index contributed by atoms with van der Waals surface area (Å²) < 4.78 is 1.61. The molecule has 26 heavy (non-hydrogen) atoms. The summed E-state index contributed by atoms with van der Waals surface area (Å²) in [6.45, 7) is 12.0. The number of hydrogen-bond donors (Lipinski definition) is 0. The number of nitrogens with zero attached hydrogens (tertiary/aromatic N) is 3. The molecule has 0 aliphatic carbocycles. The summed E-state index contributed by atoms with van der Waals surface area (Å²) in [6.07, 6.45) is 2.85. The molecule has 1 aliphatic heterocycles. The topological polar surface area (TPSA) is 55.2 Å². The minimum Gasteiger partial charge on any atom is -0.341 e. The Hall–Kier alpha value is -1.60. The van der Waals surface area contributed by atoms with E-state index in [1.165, 1.54) is 29.5 Å². The molecule has 0 radical (unpaired) electrons. The van der Waals surface area contributed by atoms with E-state index < -0.39 is 0 Å². The first kappa shape index (κ1) is 19.2. The molecule has 1 amide bonds. The van der Waals surface area contributed by atoms with E-state index in [0.717, 1.165) is 17.9 Å². The molecule has 1 fully saturated rings. The molecule has 5 nitrogen and oxygen atoms in total. The molecule has 0 saturated carbocycles. The van der Waals surface area contributed by atoms with Gasteiger partial charge in [-0.2, -0.15) is 0 Å². The molecule has 1 saturated heterocycles. The molecule has 3 heterocycles. The molecule has 3 atom stereocenters. The van der Waals surface area contributed by atoms with Gasteiger partial charge in [-0.05, 0) is 36.6 Å². The first-order valence-corrected chi connectivity index (χ1v) is 10.7. The van der Waals surface area contributed by atoms with E-state index in [1.807, 2.05) is 17.2 Å². The van der Waals surface area contributed by atoms with Gasteiger partial charge in [-0.1, -0.05) is 31.7 Å². The van der Waals surface area contributed by atoms with Crippen molar-refractivity contribution in [1.29, 1.82) is 0 Å². The Morgan fingerprint density at radius 2 is 2.15 bits per heavy atom. The number of likely N-dealkylation sites (tertiary alicyclic amines) is 1. The van der Waals surface area contributed by atoms with E-state index in [9.17, 15) is 9.59 Å². The lowest BCUT2D eigenvalue weighted by Crippen LogP contribution is -2.45. The number of aromatic nitrogens is 2. The van der Waals surface area contributed by atoms with Gasteiger partial charge < -0.3 is 4.90 Å². The van der Waals surface area contributed by atoms with Crippen LogP contribution in [0.5, 0.6) is 0 Å². The van der Waals surface area contributed by atoms with Crippen LogP contribution in [0.1, 0.15) is 27.2 Å². The highest BCUT2D eigenvalue weighted by molar-refractivity contribution is 8.00. The lowest BCUT2D eigenvalue weighted by Gasteiger charge is -2.36. The van der Waals surface area contributed by atoms with E-state index in [2.05, 4.69) is 25.4 Å². The van der Waals surface area contributed by atoms with Crippen LogP contribution in [-0.4, -0.2) is 38.7 Å². The van der Waals surface area contributed by atoms with Crippen LogP contribution in [0.25, 0.3) is 10.2 Å². The van der Waals surface area contributed by atoms with Gasteiger partial charge in [0, 0.05) is 19.6 Å². The maximum atomic E-state index is 12.9. The van der Waals surface area contributed by atoms with Crippen LogP contribution in [0.15, 0.2) is 34.1 Å². The summed E-state index contributed by atoms with van der Waals surface area (Å²) in [5.74, 6) is 1.18. The first-order chi connectivity index (χ1) is 12.4. The Labute approximate surface area is 162 Å². The Bertz CT molecular complexity index is 863. The SMILES string of the molecule is C=CCn1c(SC(C)C(=O)N2CC(C)CC(C)C2)nc2sccc2c1=O. The molecule has 7 heteroatoms. The molecule has 140 valence electrons. The van der Waals surface area contributed by atoms with Gasteiger partial charge in [-0.25, -0.2) is 4.98 Å². The van der Waals surface area contributed by atoms with Crippen molar-refractivity contribution in [3.8, 4) is 0 Å². The quantitative estimate of drug-likeness (QED) is 0.444. The van der Waals surface area contributed by atoms with E-state index in [4.69, 9.17) is 0 Å². The van der Waals surface area contributed by atoms with Crippen molar-refractivity contribution in [2.24, 2.45) is 11.8 Å². The third kappa shape index (κ3) is 3.88. The highest BCUT2D eigenvalue weighted by Crippen LogP contribution is 2.28. The number of allylic oxidation sites excluding steroid dienone is 1. The zero-order valence-electron chi connectivity index (χ0n) is 15.5. The summed E-state index contributed by atoms with van der Waals surface area (Å²) in [5, 5.41) is 2.80. The van der Waals surface area contributed by atoms with Gasteiger partial charge >= 0.3 is 0 Å². The minimum atomic E-state index is -0.284. The maximum absolute atomic E-state index is 12.9. The molecule has 3 unspecified atom stereocenters. The van der Waals surface area contributed by atoms with Crippen LogP contribution in [0.3, 0.4) is 0 Å². The van der Waals surface area contributed by atoms with Crippen LogP contribution in [0, 0.1) is 11.8 Å². The molecular formula is C19H25N3O2S2. The minimum absolute atomic E-state index is 0.0708. The molecule has 0 aromatic carbocycles. The Balaban J connectivity index is 1.85. The van der Waals surface area contributed by atoms with Crippen molar-refractivity contribution < 1.29 is 4.79 Å². The van der Waals surface area contributed by atoms with E-state index >= 15 is 0 Å². The van der Waals surface area contributed by atoms with E-state index in [1.54, 1.807) is 16.7 Å². The summed E-state index contributed by atoms with van der Waals surface area (Å²) >= 11 is 2.81. The van der Waals surface area contributed by atoms with Crippen molar-refractivity contribution in [2.75, 3.05) is 13.1 Å². The van der Waals surface area contributed by atoms with Crippen molar-refractivity contribution in [3.05, 3.63) is 34.5 Å². The third-order valence-corrected chi connectivity index (χ3v) is 6.55. The second kappa shape index (κ2) is 7.96. The number of rotatable bonds is 5. The standard InChI is InChI=1S/C19H25N3O2S2/c1-5-7-22-18(24)15-6-8-25-16(15)20-19(22)26-14(4)17(23)21-10-12(2)9-13(3)11-21/h5-6,8,12-14H,1,7,9-11H2,2-4H3. The van der Waals surface area contributed by atoms with Gasteiger partial charge in [0.1, 0.15) is 4.83 Å². The number of carbonyl (C=O) groups excluding carboxylic acids is 1. The average molecular weight is 392 g/mol. The largest absolute Gasteiger partial charge is 0.341 e. The van der Waals surface area contributed by atoms with Gasteiger partial charge in [-0.3, -0.25) is 14.2 Å². The number of thiophene rings is 1. The zero-order valence-corrected chi connectivity index (χ0v) is 17.1. The molecule has 0 N–H and O–H groups in total. The van der Waals surface area contributed by atoms with Gasteiger partial charge in [0.15, 0.2) is 5.16 Å². The summed E-state index contributed by atoms with van der Waals surface area (Å²) in [5.41, 5.74) is -0.0708. The summed E-state index contributed by atoms with van der Waals surface area (Å²) in [6, 6.07) is 1.80. The van der Waals surface area contributed by atoms with Crippen LogP contribution < -0.4 is 5.56 Å². The summed E-state index contributed by atoms with van der Waals surface area (Å²) in [7, 11) is 0. The number of piperidine rings is 1. The fraction of sp³-hybridized carbons (Fsp3) is 0.526. The van der Waals surface area contributed by atoms with Gasteiger partial charge in [0.05, 0.1) is 10.6 Å². The van der Waals surface area contributed by atoms with Gasteiger partial charge in [0.2, 0.25) is 5.91 Å². The van der Waals surface area contributed by atoms with Crippen LogP contribution >= 0.6 is 23.1 Å². The Morgan fingerprint density at radius 1 is 1.46 bits per heavy atom. The lowest BCUT2D eigenvalue weighted by atomic mass is 9.92. The zero-order chi connectivity index (χ0) is 18.8. The fourth-order valence-electron chi connectivity index (χ4n) is 3.62. The molecular weight excluding hydrogens is 366 g/mol. The summed E-state index contributed by atoms with van der Waals surface area (Å²) in [4.78, 5) is 33.0. The number of hydrogen-bond acceptors (Lipinski definition) is 5. The molecule has 2 aromatic heterocycles. The Kier molecular flexibility index (Phi) is 5.87. The number of thioether (sulfide) groups is 1. The third-order valence-electron chi connectivity index (χ3n) is 4.67. The highest BCUT2D eigenvalue weighted by Gasteiger charge is 2.29. The molecule has 2 aromatic rings. The predicted octanol–water partition coefficient (Wildman–Crippen LogP) is 3.63. The average Bonchev–Trinajstić information content (AvgIpc) is 3.05. The van der Waals surface area contributed by atoms with E-state index in [0.29, 0.717) is 28.9 Å². The number of fused-ring (bicyclic) bond motifs is 1. The Morgan fingerprint density at radius 3 is 2.81 bits per heavy atom. The molecule has 3 rings (SSSR count). The fourth-order valence-corrected chi connectivity index (χ4v) is 5.43. The van der Waals surface area contributed by atoms with Crippen LogP contribution in [0.2, 0.25) is 0 Å². The predicted molar refractivity (Wildman–Crippen MR) is 109 cm³/mol. The van der Waals surface area contributed by atoms with Gasteiger partial charge in [-0.15, -0.1) is 17.9 Å². The smallest absolute Gasteiger partial charge is 0.263 e. The lowest BCUT2D eigenvalue weighted by molar-refractivity contribution is -0.132. The molecule has 0 spiro atoms. The second-order valence-electron chi connectivity index (χ2n) is 7.19. The normalized spacial score (nSPS) is 21.7. The van der Waals surface area contributed by atoms with Crippen LogP contribution in [0.4, 0.5) is 0 Å². The first-order valence-electron chi connectivity index (χ1n) is 8.95. The van der Waals surface area contributed by atoms with Crippen molar-refractivity contribution >= 4 is 39.2 Å². The molecule has 0 bridgehead atoms. The second-order valence-corrected chi connectivity index (χ2v) is 9.39.